The minimum absolute atomic E-state index is 0.153. The Balaban J connectivity index is 1.82. The molecule has 0 saturated heterocycles. The normalized spacial score (nSPS) is 10.9. The number of carbonyl (C=O) groups excluding carboxylic acids is 1. The number of nitrogens with one attached hydrogen (secondary N) is 1. The molecule has 0 aliphatic rings. The lowest BCUT2D eigenvalue weighted by molar-refractivity contribution is 0.102. The first-order valence-electron chi connectivity index (χ1n) is 8.72. The lowest BCUT2D eigenvalue weighted by atomic mass is 10.2. The van der Waals surface area contributed by atoms with Crippen molar-refractivity contribution in [1.29, 1.82) is 0 Å². The van der Waals surface area contributed by atoms with Gasteiger partial charge < -0.3 is 9.64 Å². The molecule has 136 valence electrons. The van der Waals surface area contributed by atoms with Crippen LogP contribution >= 0.6 is 11.3 Å². The molecule has 1 amide bonds. The number of thiazole rings is 1. The monoisotopic (exact) mass is 361 g/mol. The Labute approximate surface area is 154 Å². The Hall–Kier alpha value is -1.92. The number of nitrogens with zero attached hydrogens (tertiary/aromatic N) is 2. The predicted molar refractivity (Wildman–Crippen MR) is 104 cm³/mol. The largest absolute Gasteiger partial charge is 0.494 e. The molecule has 1 aromatic heterocycles. The summed E-state index contributed by atoms with van der Waals surface area (Å²) >= 11 is 1.44. The number of hydrogen-bond donors (Lipinski definition) is 1. The summed E-state index contributed by atoms with van der Waals surface area (Å²) in [6.07, 6.45) is 4.73. The number of carbonyl (C=O) groups is 1. The number of hydrogen-bond acceptors (Lipinski definition) is 5. The number of aromatic nitrogens is 1. The van der Waals surface area contributed by atoms with Gasteiger partial charge in [0, 0.05) is 17.5 Å². The van der Waals surface area contributed by atoms with Gasteiger partial charge in [0.1, 0.15) is 5.75 Å². The van der Waals surface area contributed by atoms with E-state index in [0.29, 0.717) is 10.7 Å². The van der Waals surface area contributed by atoms with Crippen LogP contribution in [0.25, 0.3) is 0 Å². The zero-order chi connectivity index (χ0) is 18.1. The van der Waals surface area contributed by atoms with Crippen LogP contribution in [0.15, 0.2) is 29.6 Å². The molecule has 0 unspecified atom stereocenters. The molecule has 5 nitrogen and oxygen atoms in total. The first-order valence-corrected chi connectivity index (χ1v) is 9.59. The number of rotatable bonds is 10. The predicted octanol–water partition coefficient (Wildman–Crippen LogP) is 4.42. The van der Waals surface area contributed by atoms with E-state index in [2.05, 4.69) is 17.2 Å². The fraction of sp³-hybridized carbons (Fsp3) is 0.474. The van der Waals surface area contributed by atoms with Crippen LogP contribution in [0.4, 0.5) is 5.13 Å². The van der Waals surface area contributed by atoms with Crippen molar-refractivity contribution >= 4 is 22.4 Å². The SMILES string of the molecule is CCCCCCOc1ccc(C(=O)Nc2nc(CN(C)C)cs2)cc1. The molecule has 0 spiro atoms. The first-order chi connectivity index (χ1) is 12.1. The van der Waals surface area contributed by atoms with E-state index in [9.17, 15) is 4.79 Å². The smallest absolute Gasteiger partial charge is 0.257 e. The van der Waals surface area contributed by atoms with Gasteiger partial charge >= 0.3 is 0 Å². The Kier molecular flexibility index (Phi) is 7.88. The highest BCUT2D eigenvalue weighted by atomic mass is 32.1. The van der Waals surface area contributed by atoms with Crippen molar-refractivity contribution in [2.45, 2.75) is 39.2 Å². The van der Waals surface area contributed by atoms with Gasteiger partial charge in [0.25, 0.3) is 5.91 Å². The fourth-order valence-electron chi connectivity index (χ4n) is 2.35. The van der Waals surface area contributed by atoms with Gasteiger partial charge in [-0.2, -0.15) is 0 Å². The molecule has 0 aliphatic heterocycles. The van der Waals surface area contributed by atoms with Crippen molar-refractivity contribution in [1.82, 2.24) is 9.88 Å². The van der Waals surface area contributed by atoms with Gasteiger partial charge in [0.15, 0.2) is 5.13 Å². The molecule has 1 N–H and O–H groups in total. The molecule has 2 aromatic rings. The zero-order valence-corrected chi connectivity index (χ0v) is 16.1. The summed E-state index contributed by atoms with van der Waals surface area (Å²) in [6, 6.07) is 7.25. The number of ether oxygens (including phenoxy) is 1. The van der Waals surface area contributed by atoms with Gasteiger partial charge in [0.2, 0.25) is 0 Å². The molecule has 1 aromatic carbocycles. The van der Waals surface area contributed by atoms with Crippen molar-refractivity contribution in [2.75, 3.05) is 26.0 Å². The maximum atomic E-state index is 12.3. The summed E-state index contributed by atoms with van der Waals surface area (Å²) in [5, 5.41) is 5.43. The van der Waals surface area contributed by atoms with Gasteiger partial charge in [-0.3, -0.25) is 10.1 Å². The maximum Gasteiger partial charge on any atom is 0.257 e. The second-order valence-electron chi connectivity index (χ2n) is 6.27. The van der Waals surface area contributed by atoms with Gasteiger partial charge in [-0.1, -0.05) is 26.2 Å². The summed E-state index contributed by atoms with van der Waals surface area (Å²) in [5.41, 5.74) is 1.56. The van der Waals surface area contributed by atoms with E-state index in [1.807, 2.05) is 36.5 Å². The number of amides is 1. The van der Waals surface area contributed by atoms with Crippen molar-refractivity contribution in [2.24, 2.45) is 0 Å². The molecule has 0 saturated carbocycles. The summed E-state index contributed by atoms with van der Waals surface area (Å²) < 4.78 is 5.70. The molecule has 25 heavy (non-hydrogen) atoms. The minimum atomic E-state index is -0.153. The average Bonchev–Trinajstić information content (AvgIpc) is 3.01. The lowest BCUT2D eigenvalue weighted by Gasteiger charge is -2.07. The highest BCUT2D eigenvalue weighted by molar-refractivity contribution is 7.13. The third kappa shape index (κ3) is 6.84. The van der Waals surface area contributed by atoms with Crippen LogP contribution in [0, 0.1) is 0 Å². The van der Waals surface area contributed by atoms with Crippen LogP contribution in [-0.2, 0) is 6.54 Å². The van der Waals surface area contributed by atoms with Crippen LogP contribution in [0.1, 0.15) is 48.7 Å². The third-order valence-electron chi connectivity index (χ3n) is 3.63. The van der Waals surface area contributed by atoms with E-state index < -0.39 is 0 Å². The van der Waals surface area contributed by atoms with Gasteiger partial charge in [0.05, 0.1) is 12.3 Å². The van der Waals surface area contributed by atoms with Crippen LogP contribution in [0.5, 0.6) is 5.75 Å². The molecule has 0 bridgehead atoms. The highest BCUT2D eigenvalue weighted by Gasteiger charge is 2.09. The first kappa shape index (κ1) is 19.4. The molecule has 1 heterocycles. The topological polar surface area (TPSA) is 54.5 Å². The quantitative estimate of drug-likeness (QED) is 0.637. The molecule has 0 aliphatic carbocycles. The zero-order valence-electron chi connectivity index (χ0n) is 15.2. The second kappa shape index (κ2) is 10.2. The van der Waals surface area contributed by atoms with Crippen molar-refractivity contribution in [3.05, 3.63) is 40.9 Å². The van der Waals surface area contributed by atoms with Crippen molar-refractivity contribution < 1.29 is 9.53 Å². The molecule has 0 radical (unpaired) electrons. The summed E-state index contributed by atoms with van der Waals surface area (Å²) in [7, 11) is 3.98. The highest BCUT2D eigenvalue weighted by Crippen LogP contribution is 2.18. The van der Waals surface area contributed by atoms with Gasteiger partial charge in [-0.25, -0.2) is 4.98 Å². The van der Waals surface area contributed by atoms with E-state index in [-0.39, 0.29) is 5.91 Å². The Bertz CT molecular complexity index is 653. The van der Waals surface area contributed by atoms with Crippen LogP contribution < -0.4 is 10.1 Å². The Morgan fingerprint density at radius 2 is 1.96 bits per heavy atom. The molecule has 6 heteroatoms. The number of anilines is 1. The second-order valence-corrected chi connectivity index (χ2v) is 7.13. The molecular weight excluding hydrogens is 334 g/mol. The number of unbranched alkanes of at least 4 members (excludes halogenated alkanes) is 3. The molecular formula is C19H27N3O2S. The van der Waals surface area contributed by atoms with E-state index >= 15 is 0 Å². The summed E-state index contributed by atoms with van der Waals surface area (Å²) in [6.45, 7) is 3.68. The summed E-state index contributed by atoms with van der Waals surface area (Å²) in [5.74, 6) is 0.649. The fourth-order valence-corrected chi connectivity index (χ4v) is 3.05. The van der Waals surface area contributed by atoms with E-state index in [1.165, 1.54) is 30.6 Å². The molecule has 0 fully saturated rings. The lowest BCUT2D eigenvalue weighted by Crippen LogP contribution is -2.13. The third-order valence-corrected chi connectivity index (χ3v) is 4.44. The van der Waals surface area contributed by atoms with Crippen LogP contribution in [0.3, 0.4) is 0 Å². The van der Waals surface area contributed by atoms with Crippen LogP contribution in [0.2, 0.25) is 0 Å². The standard InChI is InChI=1S/C19H27N3O2S/c1-4-5-6-7-12-24-17-10-8-15(9-11-17)18(23)21-19-20-16(14-25-19)13-22(2)3/h8-11,14H,4-7,12-13H2,1-3H3,(H,20,21,23). The van der Waals surface area contributed by atoms with Crippen LogP contribution in [-0.4, -0.2) is 36.5 Å². The Morgan fingerprint density at radius 1 is 1.20 bits per heavy atom. The van der Waals surface area contributed by atoms with E-state index in [1.54, 1.807) is 12.1 Å². The summed E-state index contributed by atoms with van der Waals surface area (Å²) in [4.78, 5) is 18.8. The number of benzene rings is 1. The average molecular weight is 362 g/mol. The molecule has 0 atom stereocenters. The van der Waals surface area contributed by atoms with Crippen molar-refractivity contribution in [3.63, 3.8) is 0 Å². The van der Waals surface area contributed by atoms with Crippen molar-refractivity contribution in [3.8, 4) is 5.75 Å². The van der Waals surface area contributed by atoms with Gasteiger partial charge in [-0.15, -0.1) is 11.3 Å². The van der Waals surface area contributed by atoms with E-state index in [0.717, 1.165) is 31.0 Å². The molecule has 2 rings (SSSR count). The minimum Gasteiger partial charge on any atom is -0.494 e. The Morgan fingerprint density at radius 3 is 2.64 bits per heavy atom. The maximum absolute atomic E-state index is 12.3. The van der Waals surface area contributed by atoms with Gasteiger partial charge in [-0.05, 0) is 44.8 Å². The van der Waals surface area contributed by atoms with E-state index in [4.69, 9.17) is 4.74 Å².